The first-order valence-corrected chi connectivity index (χ1v) is 5.02. The van der Waals surface area contributed by atoms with Crippen molar-refractivity contribution in [3.05, 3.63) is 23.8 Å². The van der Waals surface area contributed by atoms with Crippen molar-refractivity contribution < 1.29 is 14.2 Å². The maximum absolute atomic E-state index is 5.57. The zero-order valence-electron chi connectivity index (χ0n) is 9.53. The first-order valence-electron chi connectivity index (χ1n) is 5.02. The molecule has 1 aliphatic heterocycles. The minimum atomic E-state index is -0.153. The summed E-state index contributed by atoms with van der Waals surface area (Å²) >= 11 is 0. The molecule has 3 heteroatoms. The summed E-state index contributed by atoms with van der Waals surface area (Å²) in [7, 11) is 3.27. The molecular formula is C12H16O3. The zero-order valence-corrected chi connectivity index (χ0v) is 9.53. The second kappa shape index (κ2) is 3.42. The zero-order chi connectivity index (χ0) is 11.1. The van der Waals surface area contributed by atoms with Crippen molar-refractivity contribution in [2.45, 2.75) is 25.6 Å². The van der Waals surface area contributed by atoms with Gasteiger partial charge in [0.15, 0.2) is 11.5 Å². The molecule has 0 radical (unpaired) electrons. The van der Waals surface area contributed by atoms with Gasteiger partial charge < -0.3 is 14.2 Å². The largest absolute Gasteiger partial charge is 0.493 e. The van der Waals surface area contributed by atoms with Crippen LogP contribution in [-0.2, 0) is 10.3 Å². The molecular weight excluding hydrogens is 192 g/mol. The molecule has 82 valence electrons. The molecule has 3 nitrogen and oxygen atoms in total. The van der Waals surface area contributed by atoms with Crippen molar-refractivity contribution in [2.24, 2.45) is 0 Å². The van der Waals surface area contributed by atoms with Crippen molar-refractivity contribution in [1.82, 2.24) is 0 Å². The van der Waals surface area contributed by atoms with Crippen molar-refractivity contribution in [2.75, 3.05) is 14.2 Å². The first-order chi connectivity index (χ1) is 7.11. The SMILES string of the molecule is COc1ccc(C2(C)OC2C)cc1OC. The molecule has 0 N–H and O–H groups in total. The van der Waals surface area contributed by atoms with Gasteiger partial charge in [-0.05, 0) is 31.5 Å². The quantitative estimate of drug-likeness (QED) is 0.714. The molecule has 1 aromatic rings. The fraction of sp³-hybridized carbons (Fsp3) is 0.500. The minimum Gasteiger partial charge on any atom is -0.493 e. The van der Waals surface area contributed by atoms with E-state index in [1.807, 2.05) is 18.2 Å². The molecule has 1 aromatic carbocycles. The molecule has 0 bridgehead atoms. The number of benzene rings is 1. The molecule has 1 saturated heterocycles. The van der Waals surface area contributed by atoms with Gasteiger partial charge in [-0.15, -0.1) is 0 Å². The Hall–Kier alpha value is -1.22. The molecule has 1 aliphatic rings. The van der Waals surface area contributed by atoms with Gasteiger partial charge in [-0.1, -0.05) is 6.07 Å². The lowest BCUT2D eigenvalue weighted by Gasteiger charge is -2.11. The first kappa shape index (κ1) is 10.3. The number of hydrogen-bond donors (Lipinski definition) is 0. The molecule has 1 fully saturated rings. The van der Waals surface area contributed by atoms with Gasteiger partial charge >= 0.3 is 0 Å². The molecule has 2 rings (SSSR count). The fourth-order valence-corrected chi connectivity index (χ4v) is 1.78. The maximum Gasteiger partial charge on any atom is 0.161 e. The van der Waals surface area contributed by atoms with Crippen LogP contribution in [0.4, 0.5) is 0 Å². The smallest absolute Gasteiger partial charge is 0.161 e. The number of rotatable bonds is 3. The molecule has 0 spiro atoms. The molecule has 0 amide bonds. The van der Waals surface area contributed by atoms with E-state index in [4.69, 9.17) is 14.2 Å². The highest BCUT2D eigenvalue weighted by molar-refractivity contribution is 5.45. The van der Waals surface area contributed by atoms with Crippen LogP contribution >= 0.6 is 0 Å². The molecule has 2 atom stereocenters. The summed E-state index contributed by atoms with van der Waals surface area (Å²) in [4.78, 5) is 0. The number of methoxy groups -OCH3 is 2. The Labute approximate surface area is 90.0 Å². The lowest BCUT2D eigenvalue weighted by atomic mass is 9.98. The summed E-state index contributed by atoms with van der Waals surface area (Å²) in [6.45, 7) is 4.15. The van der Waals surface area contributed by atoms with Crippen LogP contribution in [0.5, 0.6) is 11.5 Å². The second-order valence-electron chi connectivity index (χ2n) is 3.94. The summed E-state index contributed by atoms with van der Waals surface area (Å²) in [5.41, 5.74) is 0.979. The molecule has 0 aliphatic carbocycles. The monoisotopic (exact) mass is 208 g/mol. The summed E-state index contributed by atoms with van der Waals surface area (Å²) in [6.07, 6.45) is 0.274. The average Bonchev–Trinajstić information content (AvgIpc) is 2.87. The summed E-state index contributed by atoms with van der Waals surface area (Å²) in [5, 5.41) is 0. The summed E-state index contributed by atoms with van der Waals surface area (Å²) in [5.74, 6) is 1.50. The van der Waals surface area contributed by atoms with E-state index in [9.17, 15) is 0 Å². The van der Waals surface area contributed by atoms with Gasteiger partial charge in [-0.2, -0.15) is 0 Å². The summed E-state index contributed by atoms with van der Waals surface area (Å²) in [6, 6.07) is 5.90. The number of hydrogen-bond acceptors (Lipinski definition) is 3. The topological polar surface area (TPSA) is 31.0 Å². The molecule has 0 saturated carbocycles. The van der Waals surface area contributed by atoms with Gasteiger partial charge in [0.2, 0.25) is 0 Å². The standard InChI is InChI=1S/C12H16O3/c1-8-12(2,15-8)9-5-6-10(13-3)11(7-9)14-4/h5-8H,1-4H3. The average molecular weight is 208 g/mol. The van der Waals surface area contributed by atoms with Gasteiger partial charge in [0.1, 0.15) is 5.60 Å². The van der Waals surface area contributed by atoms with Crippen LogP contribution in [0.2, 0.25) is 0 Å². The molecule has 1 heterocycles. The predicted octanol–water partition coefficient (Wildman–Crippen LogP) is 2.34. The van der Waals surface area contributed by atoms with E-state index in [2.05, 4.69) is 13.8 Å². The molecule has 2 unspecified atom stereocenters. The Balaban J connectivity index is 2.36. The maximum atomic E-state index is 5.57. The third-order valence-electron chi connectivity index (χ3n) is 3.10. The van der Waals surface area contributed by atoms with E-state index in [0.717, 1.165) is 17.1 Å². The minimum absolute atomic E-state index is 0.153. The summed E-state index contributed by atoms with van der Waals surface area (Å²) < 4.78 is 16.0. The predicted molar refractivity (Wildman–Crippen MR) is 57.4 cm³/mol. The van der Waals surface area contributed by atoms with E-state index in [-0.39, 0.29) is 11.7 Å². The highest BCUT2D eigenvalue weighted by atomic mass is 16.6. The van der Waals surface area contributed by atoms with Crippen LogP contribution < -0.4 is 9.47 Å². The van der Waals surface area contributed by atoms with E-state index in [1.165, 1.54) is 0 Å². The van der Waals surface area contributed by atoms with Crippen molar-refractivity contribution in [3.8, 4) is 11.5 Å². The van der Waals surface area contributed by atoms with Gasteiger partial charge in [-0.25, -0.2) is 0 Å². The van der Waals surface area contributed by atoms with Crippen LogP contribution in [0, 0.1) is 0 Å². The molecule has 15 heavy (non-hydrogen) atoms. The van der Waals surface area contributed by atoms with Gasteiger partial charge in [0.25, 0.3) is 0 Å². The Morgan fingerprint density at radius 2 is 1.80 bits per heavy atom. The highest BCUT2D eigenvalue weighted by Gasteiger charge is 2.50. The van der Waals surface area contributed by atoms with Crippen molar-refractivity contribution in [1.29, 1.82) is 0 Å². The Kier molecular flexibility index (Phi) is 2.35. The Morgan fingerprint density at radius 3 is 2.27 bits per heavy atom. The van der Waals surface area contributed by atoms with Crippen LogP contribution in [0.15, 0.2) is 18.2 Å². The van der Waals surface area contributed by atoms with E-state index in [1.54, 1.807) is 14.2 Å². The lowest BCUT2D eigenvalue weighted by molar-refractivity contribution is 0.313. The van der Waals surface area contributed by atoms with Crippen molar-refractivity contribution >= 4 is 0 Å². The van der Waals surface area contributed by atoms with Crippen molar-refractivity contribution in [3.63, 3.8) is 0 Å². The van der Waals surface area contributed by atoms with Crippen LogP contribution in [-0.4, -0.2) is 20.3 Å². The molecule has 0 aromatic heterocycles. The van der Waals surface area contributed by atoms with Crippen LogP contribution in [0.3, 0.4) is 0 Å². The van der Waals surface area contributed by atoms with E-state index >= 15 is 0 Å². The van der Waals surface area contributed by atoms with E-state index in [0.29, 0.717) is 0 Å². The van der Waals surface area contributed by atoms with Gasteiger partial charge in [-0.3, -0.25) is 0 Å². The fourth-order valence-electron chi connectivity index (χ4n) is 1.78. The Morgan fingerprint density at radius 1 is 1.20 bits per heavy atom. The number of epoxide rings is 1. The lowest BCUT2D eigenvalue weighted by Crippen LogP contribution is -2.06. The third-order valence-corrected chi connectivity index (χ3v) is 3.10. The van der Waals surface area contributed by atoms with Gasteiger partial charge in [0.05, 0.1) is 20.3 Å². The highest BCUT2D eigenvalue weighted by Crippen LogP contribution is 2.47. The van der Waals surface area contributed by atoms with Crippen LogP contribution in [0.1, 0.15) is 19.4 Å². The second-order valence-corrected chi connectivity index (χ2v) is 3.94. The normalized spacial score (nSPS) is 28.7. The Bertz CT molecular complexity index is 375. The third kappa shape index (κ3) is 1.57. The van der Waals surface area contributed by atoms with Gasteiger partial charge in [0, 0.05) is 0 Å². The number of ether oxygens (including phenoxy) is 3. The van der Waals surface area contributed by atoms with Crippen LogP contribution in [0.25, 0.3) is 0 Å². The van der Waals surface area contributed by atoms with E-state index < -0.39 is 0 Å².